The van der Waals surface area contributed by atoms with Crippen molar-refractivity contribution in [2.24, 2.45) is 4.99 Å². The van der Waals surface area contributed by atoms with Crippen LogP contribution in [-0.2, 0) is 16.8 Å². The topological polar surface area (TPSA) is 78.4 Å². The first-order valence-electron chi connectivity index (χ1n) is 9.72. The van der Waals surface area contributed by atoms with E-state index in [9.17, 15) is 4.79 Å². The minimum absolute atomic E-state index is 0. The number of guanidine groups is 1. The summed E-state index contributed by atoms with van der Waals surface area (Å²) in [5, 5.41) is 12.8. The number of nitrogens with one attached hydrogen (secondary N) is 3. The molecular weight excluding hydrogens is 497 g/mol. The molecular formula is C21H30IN5OS. The Labute approximate surface area is 194 Å². The number of hydrogen-bond acceptors (Lipinski definition) is 4. The average molecular weight is 527 g/mol. The summed E-state index contributed by atoms with van der Waals surface area (Å²) < 4.78 is 0. The molecule has 3 rings (SSSR count). The molecule has 0 saturated heterocycles. The third-order valence-corrected chi connectivity index (χ3v) is 5.88. The van der Waals surface area contributed by atoms with Crippen molar-refractivity contribution in [2.75, 3.05) is 18.4 Å². The Kier molecular flexibility index (Phi) is 8.45. The normalized spacial score (nSPS) is 16.5. The van der Waals surface area contributed by atoms with Crippen LogP contribution in [0.1, 0.15) is 56.3 Å². The first kappa shape index (κ1) is 23.6. The average Bonchev–Trinajstić information content (AvgIpc) is 3.13. The fraction of sp³-hybridized carbons (Fsp3) is 0.476. The van der Waals surface area contributed by atoms with Gasteiger partial charge in [-0.25, -0.2) is 9.98 Å². The second kappa shape index (κ2) is 10.4. The van der Waals surface area contributed by atoms with E-state index in [2.05, 4.69) is 53.2 Å². The molecule has 1 atom stereocenters. The summed E-state index contributed by atoms with van der Waals surface area (Å²) in [4.78, 5) is 21.4. The van der Waals surface area contributed by atoms with Crippen LogP contribution < -0.4 is 16.0 Å². The third-order valence-electron chi connectivity index (χ3n) is 4.56. The van der Waals surface area contributed by atoms with E-state index < -0.39 is 0 Å². The quantitative estimate of drug-likeness (QED) is 0.309. The molecule has 1 aliphatic rings. The summed E-state index contributed by atoms with van der Waals surface area (Å²) in [5.41, 5.74) is 3.11. The highest BCUT2D eigenvalue weighted by Gasteiger charge is 2.24. The van der Waals surface area contributed by atoms with E-state index in [1.807, 2.05) is 25.1 Å². The number of rotatable bonds is 5. The van der Waals surface area contributed by atoms with Crippen LogP contribution in [0.2, 0.25) is 0 Å². The van der Waals surface area contributed by atoms with E-state index in [-0.39, 0.29) is 41.2 Å². The number of anilines is 1. The number of aromatic nitrogens is 1. The fourth-order valence-electron chi connectivity index (χ4n) is 3.13. The number of hydrogen-bond donors (Lipinski definition) is 3. The zero-order valence-corrected chi connectivity index (χ0v) is 20.6. The van der Waals surface area contributed by atoms with Crippen LogP contribution in [0.5, 0.6) is 0 Å². The van der Waals surface area contributed by atoms with E-state index >= 15 is 0 Å². The lowest BCUT2D eigenvalue weighted by molar-refractivity contribution is -0.116. The third kappa shape index (κ3) is 6.40. The Morgan fingerprint density at radius 3 is 2.76 bits per heavy atom. The van der Waals surface area contributed by atoms with E-state index in [1.54, 1.807) is 11.3 Å². The number of fused-ring (bicyclic) bond motifs is 1. The molecule has 158 valence electrons. The SMILES string of the molecule is CCNC(=NCc1csc(C(C)(C)C)n1)NCC1CC(=O)Nc2ccccc21.I. The highest BCUT2D eigenvalue weighted by atomic mass is 127. The predicted octanol–water partition coefficient (Wildman–Crippen LogP) is 4.24. The highest BCUT2D eigenvalue weighted by molar-refractivity contribution is 14.0. The molecule has 0 spiro atoms. The molecule has 3 N–H and O–H groups in total. The number of halogens is 1. The highest BCUT2D eigenvalue weighted by Crippen LogP contribution is 2.31. The minimum Gasteiger partial charge on any atom is -0.357 e. The van der Waals surface area contributed by atoms with Gasteiger partial charge >= 0.3 is 0 Å². The van der Waals surface area contributed by atoms with Crippen molar-refractivity contribution in [1.82, 2.24) is 15.6 Å². The second-order valence-electron chi connectivity index (χ2n) is 8.01. The van der Waals surface area contributed by atoms with E-state index in [0.717, 1.165) is 28.9 Å². The maximum Gasteiger partial charge on any atom is 0.225 e. The maximum atomic E-state index is 12.0. The molecule has 0 fully saturated rings. The van der Waals surface area contributed by atoms with Crippen LogP contribution in [0.25, 0.3) is 0 Å². The summed E-state index contributed by atoms with van der Waals surface area (Å²) in [6.45, 7) is 10.5. The monoisotopic (exact) mass is 527 g/mol. The zero-order valence-electron chi connectivity index (χ0n) is 17.4. The largest absolute Gasteiger partial charge is 0.357 e. The number of para-hydroxylation sites is 1. The van der Waals surface area contributed by atoms with E-state index in [4.69, 9.17) is 4.98 Å². The van der Waals surface area contributed by atoms with Gasteiger partial charge < -0.3 is 16.0 Å². The van der Waals surface area contributed by atoms with Crippen molar-refractivity contribution in [3.8, 4) is 0 Å². The van der Waals surface area contributed by atoms with E-state index in [0.29, 0.717) is 19.5 Å². The molecule has 0 aliphatic carbocycles. The van der Waals surface area contributed by atoms with Crippen molar-refractivity contribution in [3.05, 3.63) is 45.9 Å². The van der Waals surface area contributed by atoms with Crippen molar-refractivity contribution in [1.29, 1.82) is 0 Å². The predicted molar refractivity (Wildman–Crippen MR) is 131 cm³/mol. The molecule has 2 heterocycles. The number of benzene rings is 1. The van der Waals surface area contributed by atoms with Gasteiger partial charge in [0.05, 0.1) is 17.2 Å². The summed E-state index contributed by atoms with van der Waals surface area (Å²) >= 11 is 1.68. The number of amides is 1. The van der Waals surface area contributed by atoms with Crippen LogP contribution >= 0.6 is 35.3 Å². The van der Waals surface area contributed by atoms with Crippen LogP contribution in [0, 0.1) is 0 Å². The Bertz CT molecular complexity index is 859. The number of thiazole rings is 1. The molecule has 2 aromatic rings. The van der Waals surface area contributed by atoms with Gasteiger partial charge in [-0.05, 0) is 18.6 Å². The van der Waals surface area contributed by atoms with Gasteiger partial charge in [-0.2, -0.15) is 0 Å². The Morgan fingerprint density at radius 1 is 1.31 bits per heavy atom. The Morgan fingerprint density at radius 2 is 2.07 bits per heavy atom. The lowest BCUT2D eigenvalue weighted by atomic mass is 9.90. The van der Waals surface area contributed by atoms with Crippen molar-refractivity contribution in [3.63, 3.8) is 0 Å². The molecule has 1 aliphatic heterocycles. The van der Waals surface area contributed by atoms with Crippen molar-refractivity contribution < 1.29 is 4.79 Å². The second-order valence-corrected chi connectivity index (χ2v) is 8.86. The summed E-state index contributed by atoms with van der Waals surface area (Å²) in [6, 6.07) is 7.99. The van der Waals surface area contributed by atoms with Crippen LogP contribution in [0.15, 0.2) is 34.6 Å². The molecule has 0 radical (unpaired) electrons. The van der Waals surface area contributed by atoms with Gasteiger partial charge in [0.15, 0.2) is 5.96 Å². The van der Waals surface area contributed by atoms with Gasteiger partial charge in [-0.15, -0.1) is 35.3 Å². The van der Waals surface area contributed by atoms with Crippen LogP contribution in [0.4, 0.5) is 5.69 Å². The Balaban J connectivity index is 0.00000300. The molecule has 1 unspecified atom stereocenters. The van der Waals surface area contributed by atoms with Crippen molar-refractivity contribution in [2.45, 2.75) is 52.0 Å². The van der Waals surface area contributed by atoms with Crippen molar-refractivity contribution >= 4 is 52.9 Å². The van der Waals surface area contributed by atoms with Gasteiger partial charge in [0.1, 0.15) is 0 Å². The number of carbonyl (C=O) groups excluding carboxylic acids is 1. The molecule has 1 aromatic carbocycles. The Hall–Kier alpha value is -1.68. The lowest BCUT2D eigenvalue weighted by Crippen LogP contribution is -2.40. The summed E-state index contributed by atoms with van der Waals surface area (Å²) in [5.74, 6) is 0.932. The van der Waals surface area contributed by atoms with Gasteiger partial charge in [-0.3, -0.25) is 4.79 Å². The minimum atomic E-state index is 0. The number of nitrogens with zero attached hydrogens (tertiary/aromatic N) is 2. The van der Waals surface area contributed by atoms with E-state index in [1.165, 1.54) is 5.56 Å². The maximum absolute atomic E-state index is 12.0. The van der Waals surface area contributed by atoms with Crippen LogP contribution in [-0.4, -0.2) is 29.9 Å². The first-order chi connectivity index (χ1) is 13.4. The lowest BCUT2D eigenvalue weighted by Gasteiger charge is -2.26. The fourth-order valence-corrected chi connectivity index (χ4v) is 4.03. The van der Waals surface area contributed by atoms with Crippen LogP contribution in [0.3, 0.4) is 0 Å². The molecule has 0 bridgehead atoms. The molecule has 1 amide bonds. The smallest absolute Gasteiger partial charge is 0.225 e. The van der Waals surface area contributed by atoms with Gasteiger partial charge in [0.25, 0.3) is 0 Å². The molecule has 8 heteroatoms. The zero-order chi connectivity index (χ0) is 20.1. The molecule has 1 aromatic heterocycles. The van der Waals surface area contributed by atoms with Gasteiger partial charge in [0, 0.05) is 41.9 Å². The van der Waals surface area contributed by atoms with Gasteiger partial charge in [-0.1, -0.05) is 39.0 Å². The molecule has 0 saturated carbocycles. The number of carbonyl (C=O) groups is 1. The van der Waals surface area contributed by atoms with Gasteiger partial charge in [0.2, 0.25) is 5.91 Å². The molecule has 29 heavy (non-hydrogen) atoms. The molecule has 6 nitrogen and oxygen atoms in total. The number of aliphatic imine (C=N–C) groups is 1. The first-order valence-corrected chi connectivity index (χ1v) is 10.6. The summed E-state index contributed by atoms with van der Waals surface area (Å²) in [7, 11) is 0. The summed E-state index contributed by atoms with van der Waals surface area (Å²) in [6.07, 6.45) is 0.477. The standard InChI is InChI=1S/C21H29N5OS.HI/c1-5-22-20(24-12-15-13-28-19(25-15)21(2,3)4)23-11-14-10-18(27)26-17-9-7-6-8-16(14)17;/h6-9,13-14H,5,10-12H2,1-4H3,(H,26,27)(H2,22,23,24);1H.